The summed E-state index contributed by atoms with van der Waals surface area (Å²) in [6.45, 7) is 7.44. The first kappa shape index (κ1) is 20.3. The highest BCUT2D eigenvalue weighted by molar-refractivity contribution is 6.30. The van der Waals surface area contributed by atoms with Gasteiger partial charge in [-0.05, 0) is 69.5 Å². The summed E-state index contributed by atoms with van der Waals surface area (Å²) in [6, 6.07) is 14.2. The summed E-state index contributed by atoms with van der Waals surface area (Å²) in [4.78, 5) is 7.02. The fourth-order valence-electron chi connectivity index (χ4n) is 4.77. The Labute approximate surface area is 178 Å². The second-order valence-electron chi connectivity index (χ2n) is 9.17. The normalized spacial score (nSPS) is 26.1. The van der Waals surface area contributed by atoms with Crippen LogP contribution in [-0.4, -0.2) is 34.7 Å². The van der Waals surface area contributed by atoms with E-state index in [-0.39, 0.29) is 11.0 Å². The number of hydrogen-bond donors (Lipinski definition) is 0. The molecule has 2 aromatic rings. The van der Waals surface area contributed by atoms with Gasteiger partial charge in [0.05, 0.1) is 17.3 Å². The van der Waals surface area contributed by atoms with E-state index in [1.165, 1.54) is 5.56 Å². The number of likely N-dealkylation sites (tertiary alicyclic amines) is 1. The second-order valence-corrected chi connectivity index (χ2v) is 9.61. The molecule has 0 aliphatic carbocycles. The summed E-state index contributed by atoms with van der Waals surface area (Å²) < 4.78 is 6.35. The van der Waals surface area contributed by atoms with E-state index in [0.717, 1.165) is 56.0 Å². The van der Waals surface area contributed by atoms with Crippen LogP contribution in [0.2, 0.25) is 5.02 Å². The summed E-state index contributed by atoms with van der Waals surface area (Å²) in [6.07, 6.45) is 6.23. The van der Waals surface area contributed by atoms with E-state index >= 15 is 0 Å². The number of halogens is 1. The van der Waals surface area contributed by atoms with Gasteiger partial charge >= 0.3 is 0 Å². The molecule has 0 saturated carbocycles. The molecule has 29 heavy (non-hydrogen) atoms. The number of benzene rings is 1. The molecule has 3 heterocycles. The molecule has 5 heteroatoms. The summed E-state index contributed by atoms with van der Waals surface area (Å²) in [7, 11) is 0. The largest absolute Gasteiger partial charge is 0.372 e. The predicted molar refractivity (Wildman–Crippen MR) is 115 cm³/mol. The Kier molecular flexibility index (Phi) is 5.66. The van der Waals surface area contributed by atoms with Gasteiger partial charge in [-0.2, -0.15) is 5.26 Å². The van der Waals surface area contributed by atoms with Crippen LogP contribution in [0.15, 0.2) is 42.6 Å². The monoisotopic (exact) mass is 409 g/mol. The van der Waals surface area contributed by atoms with Crippen LogP contribution in [0.5, 0.6) is 0 Å². The van der Waals surface area contributed by atoms with Crippen molar-refractivity contribution in [3.63, 3.8) is 0 Å². The predicted octanol–water partition coefficient (Wildman–Crippen LogP) is 5.00. The average molecular weight is 410 g/mol. The van der Waals surface area contributed by atoms with E-state index in [9.17, 15) is 0 Å². The minimum atomic E-state index is -0.00599. The topological polar surface area (TPSA) is 49.2 Å². The smallest absolute Gasteiger partial charge is 0.101 e. The lowest BCUT2D eigenvalue weighted by molar-refractivity contribution is -0.230. The number of hydrogen-bond acceptors (Lipinski definition) is 4. The maximum absolute atomic E-state index is 8.98. The summed E-state index contributed by atoms with van der Waals surface area (Å²) in [5.74, 6) is 0. The number of aromatic nitrogens is 1. The van der Waals surface area contributed by atoms with Crippen molar-refractivity contribution < 1.29 is 4.74 Å². The van der Waals surface area contributed by atoms with Crippen molar-refractivity contribution in [3.05, 3.63) is 64.4 Å². The lowest BCUT2D eigenvalue weighted by atomic mass is 9.70. The lowest BCUT2D eigenvalue weighted by Gasteiger charge is -2.52. The minimum absolute atomic E-state index is 0.00599. The Hall–Kier alpha value is -1.93. The highest BCUT2D eigenvalue weighted by atomic mass is 35.5. The van der Waals surface area contributed by atoms with Gasteiger partial charge in [-0.25, -0.2) is 0 Å². The van der Waals surface area contributed by atoms with Crippen LogP contribution < -0.4 is 0 Å². The average Bonchev–Trinajstić information content (AvgIpc) is 3.10. The van der Waals surface area contributed by atoms with Crippen molar-refractivity contribution in [3.8, 4) is 6.07 Å². The summed E-state index contributed by atoms with van der Waals surface area (Å²) >= 11 is 6.03. The van der Waals surface area contributed by atoms with Gasteiger partial charge in [-0.1, -0.05) is 23.7 Å². The number of nitrogens with zero attached hydrogens (tertiary/aromatic N) is 3. The van der Waals surface area contributed by atoms with E-state index in [2.05, 4.69) is 41.9 Å². The first-order valence-electron chi connectivity index (χ1n) is 10.4. The van der Waals surface area contributed by atoms with Gasteiger partial charge in [0, 0.05) is 41.8 Å². The molecule has 2 fully saturated rings. The Bertz CT molecular complexity index is 880. The highest BCUT2D eigenvalue weighted by Gasteiger charge is 2.52. The maximum Gasteiger partial charge on any atom is 0.101 e. The maximum atomic E-state index is 8.98. The molecule has 152 valence electrons. The van der Waals surface area contributed by atoms with Gasteiger partial charge < -0.3 is 4.74 Å². The molecule has 0 amide bonds. The number of nitriles is 1. The van der Waals surface area contributed by atoms with Crippen molar-refractivity contribution in [2.24, 2.45) is 5.41 Å². The third-order valence-electron chi connectivity index (χ3n) is 6.44. The SMILES string of the molecule is CC1(C)C[C@H]([C@]2(CCc3ccc(C#N)cn3)CCN(Cc3ccc(Cl)cc3)C2)O1. The van der Waals surface area contributed by atoms with Crippen molar-refractivity contribution in [2.45, 2.75) is 57.8 Å². The zero-order chi connectivity index (χ0) is 20.5. The van der Waals surface area contributed by atoms with Gasteiger partial charge in [0.2, 0.25) is 0 Å². The molecule has 2 saturated heterocycles. The Morgan fingerprint density at radius 2 is 2.00 bits per heavy atom. The van der Waals surface area contributed by atoms with Crippen molar-refractivity contribution >= 4 is 11.6 Å². The summed E-state index contributed by atoms with van der Waals surface area (Å²) in [5.41, 5.74) is 3.13. The molecule has 4 nitrogen and oxygen atoms in total. The molecule has 2 aliphatic rings. The van der Waals surface area contributed by atoms with Gasteiger partial charge in [0.15, 0.2) is 0 Å². The van der Waals surface area contributed by atoms with E-state index in [1.807, 2.05) is 24.3 Å². The minimum Gasteiger partial charge on any atom is -0.372 e. The molecule has 0 unspecified atom stereocenters. The Morgan fingerprint density at radius 3 is 2.62 bits per heavy atom. The van der Waals surface area contributed by atoms with Crippen LogP contribution in [0, 0.1) is 16.7 Å². The molecular weight excluding hydrogens is 382 g/mol. The van der Waals surface area contributed by atoms with E-state index in [4.69, 9.17) is 21.6 Å². The fraction of sp³-hybridized carbons (Fsp3) is 0.500. The number of ether oxygens (including phenoxy) is 1. The third kappa shape index (κ3) is 4.64. The van der Waals surface area contributed by atoms with Gasteiger partial charge in [0.1, 0.15) is 6.07 Å². The van der Waals surface area contributed by atoms with Crippen LogP contribution >= 0.6 is 11.6 Å². The molecule has 1 aromatic heterocycles. The second kappa shape index (κ2) is 8.07. The first-order valence-corrected chi connectivity index (χ1v) is 10.7. The molecule has 0 radical (unpaired) electrons. The molecule has 2 atom stereocenters. The van der Waals surface area contributed by atoms with Crippen LogP contribution in [0.25, 0.3) is 0 Å². The molecule has 0 N–H and O–H groups in total. The lowest BCUT2D eigenvalue weighted by Crippen LogP contribution is -2.55. The Balaban J connectivity index is 1.45. The van der Waals surface area contributed by atoms with Crippen LogP contribution in [0.3, 0.4) is 0 Å². The molecule has 0 spiro atoms. The van der Waals surface area contributed by atoms with Crippen molar-refractivity contribution in [1.29, 1.82) is 5.26 Å². The van der Waals surface area contributed by atoms with E-state index < -0.39 is 0 Å². The highest BCUT2D eigenvalue weighted by Crippen LogP contribution is 2.49. The van der Waals surface area contributed by atoms with Crippen molar-refractivity contribution in [2.75, 3.05) is 13.1 Å². The van der Waals surface area contributed by atoms with E-state index in [1.54, 1.807) is 6.20 Å². The standard InChI is InChI=1S/C24H28ClN3O/c1-23(2)13-22(29-23)24(10-9-21-8-5-19(14-26)15-27-21)11-12-28(17-24)16-18-3-6-20(25)7-4-18/h3-8,15,22H,9-13,16-17H2,1-2H3/t22-,24-/m1/s1. The number of rotatable bonds is 6. The van der Waals surface area contributed by atoms with Crippen LogP contribution in [-0.2, 0) is 17.7 Å². The van der Waals surface area contributed by atoms with Gasteiger partial charge in [0.25, 0.3) is 0 Å². The summed E-state index contributed by atoms with van der Waals surface area (Å²) in [5, 5.41) is 9.76. The third-order valence-corrected chi connectivity index (χ3v) is 6.69. The van der Waals surface area contributed by atoms with Crippen LogP contribution in [0.4, 0.5) is 0 Å². The molecule has 2 aliphatic heterocycles. The molecule has 4 rings (SSSR count). The molecule has 1 aromatic carbocycles. The van der Waals surface area contributed by atoms with E-state index in [0.29, 0.717) is 11.7 Å². The Morgan fingerprint density at radius 1 is 1.24 bits per heavy atom. The van der Waals surface area contributed by atoms with Crippen LogP contribution in [0.1, 0.15) is 49.9 Å². The quantitative estimate of drug-likeness (QED) is 0.673. The molecule has 0 bridgehead atoms. The zero-order valence-corrected chi connectivity index (χ0v) is 18.0. The van der Waals surface area contributed by atoms with Gasteiger partial charge in [-0.15, -0.1) is 0 Å². The van der Waals surface area contributed by atoms with Gasteiger partial charge in [-0.3, -0.25) is 9.88 Å². The number of pyridine rings is 1. The number of aryl methyl sites for hydroxylation is 1. The molecular formula is C24H28ClN3O. The van der Waals surface area contributed by atoms with Crippen molar-refractivity contribution in [1.82, 2.24) is 9.88 Å². The fourth-order valence-corrected chi connectivity index (χ4v) is 4.90. The zero-order valence-electron chi connectivity index (χ0n) is 17.2. The first-order chi connectivity index (χ1) is 13.9.